The van der Waals surface area contributed by atoms with Crippen molar-refractivity contribution in [3.8, 4) is 0 Å². The molecule has 4 heterocycles. The van der Waals surface area contributed by atoms with E-state index in [1.165, 1.54) is 55.2 Å². The second-order valence-corrected chi connectivity index (χ2v) is 17.2. The quantitative estimate of drug-likeness (QED) is 0.130. The minimum atomic E-state index is -2.27. The van der Waals surface area contributed by atoms with Crippen molar-refractivity contribution in [1.29, 1.82) is 0 Å². The average molecular weight is 955 g/mol. The monoisotopic (exact) mass is 952 g/mol. The van der Waals surface area contributed by atoms with Crippen LogP contribution in [0, 0.1) is 11.8 Å². The third-order valence-electron chi connectivity index (χ3n) is 12.3. The molecule has 2 aromatic heterocycles. The molecule has 14 nitrogen and oxygen atoms in total. The average Bonchev–Trinajstić information content (AvgIpc) is 3.74. The standard InChI is InChI=1S/2C20H24BrN3O.C4H6O6/c2*1-4-24(5-2)20(25)12-9-14-13-7-6-8-16-18(13)15(19(21)22-16)10-17(14)23(3)11-12;5-1(3(7)8)2(6)4(9)10/h2*6-9,12,17,22H,4-5,10-11H2,1-3H3;1-2,5-6H,(H,7,8)(H,9,10)/t2*12-,17-;1-,2-/m110/s1. The molecule has 0 radical (unpaired) electrons. The Kier molecular flexibility index (Phi) is 14.1. The molecule has 0 bridgehead atoms. The Morgan fingerprint density at radius 2 is 1.02 bits per heavy atom. The molecular formula is C44H54Br2N6O8. The first-order valence-electron chi connectivity index (χ1n) is 20.4. The number of aliphatic hydroxyl groups is 2. The van der Waals surface area contributed by atoms with Crippen LogP contribution in [0.1, 0.15) is 49.9 Å². The molecule has 4 aliphatic rings. The number of hydrogen-bond donors (Lipinski definition) is 6. The van der Waals surface area contributed by atoms with E-state index in [1.54, 1.807) is 0 Å². The first-order chi connectivity index (χ1) is 28.6. The van der Waals surface area contributed by atoms with Crippen LogP contribution < -0.4 is 0 Å². The predicted molar refractivity (Wildman–Crippen MR) is 238 cm³/mol. The summed E-state index contributed by atoms with van der Waals surface area (Å²) in [6.45, 7) is 12.9. The lowest BCUT2D eigenvalue weighted by Crippen LogP contribution is -2.47. The lowest BCUT2D eigenvalue weighted by Gasteiger charge is -2.40. The molecule has 0 fully saturated rings. The van der Waals surface area contributed by atoms with E-state index in [1.807, 2.05) is 9.80 Å². The number of halogens is 2. The fourth-order valence-corrected chi connectivity index (χ4v) is 10.3. The SMILES string of the molecule is CCN(CC)C(=O)[C@@H]1C=C2c3cccc4[nH]c(Br)c(c34)C[C@H]2N(C)C1.CCN(CC)C(=O)[C@@H]1C=C2c3cccc4[nH]c(Br)c(c34)C[C@H]2N(C)C1.O=C(O)[C@@H](O)[C@H](O)C(=O)O. The maximum absolute atomic E-state index is 12.9. The number of aromatic nitrogens is 2. The Bertz CT molecular complexity index is 2180. The summed E-state index contributed by atoms with van der Waals surface area (Å²) in [6.07, 6.45) is 1.90. The van der Waals surface area contributed by atoms with Crippen LogP contribution in [0.5, 0.6) is 0 Å². The van der Waals surface area contributed by atoms with Crippen molar-refractivity contribution in [3.05, 3.63) is 80.0 Å². The Hall–Kier alpha value is -4.32. The van der Waals surface area contributed by atoms with Crippen LogP contribution in [-0.2, 0) is 32.0 Å². The molecule has 16 heteroatoms. The van der Waals surface area contributed by atoms with Gasteiger partial charge in [0.2, 0.25) is 11.8 Å². The van der Waals surface area contributed by atoms with Gasteiger partial charge in [-0.1, -0.05) is 36.4 Å². The molecule has 322 valence electrons. The van der Waals surface area contributed by atoms with Crippen LogP contribution in [0.4, 0.5) is 0 Å². The van der Waals surface area contributed by atoms with Crippen molar-refractivity contribution < 1.29 is 39.6 Å². The summed E-state index contributed by atoms with van der Waals surface area (Å²) in [4.78, 5) is 60.9. The van der Waals surface area contributed by atoms with Crippen molar-refractivity contribution in [3.63, 3.8) is 0 Å². The van der Waals surface area contributed by atoms with Crippen LogP contribution in [0.2, 0.25) is 0 Å². The first-order valence-corrected chi connectivity index (χ1v) is 22.0. The highest BCUT2D eigenvalue weighted by Crippen LogP contribution is 2.45. The number of benzene rings is 2. The van der Waals surface area contributed by atoms with E-state index in [9.17, 15) is 19.2 Å². The normalized spacial score (nSPS) is 21.5. The number of likely N-dealkylation sites (N-methyl/N-ethyl adjacent to an activating group) is 2. The Labute approximate surface area is 366 Å². The summed E-state index contributed by atoms with van der Waals surface area (Å²) >= 11 is 7.39. The topological polar surface area (TPSA) is 194 Å². The van der Waals surface area contributed by atoms with E-state index in [-0.39, 0.29) is 23.7 Å². The minimum Gasteiger partial charge on any atom is -0.479 e. The molecule has 2 amide bonds. The van der Waals surface area contributed by atoms with E-state index in [0.717, 1.165) is 61.3 Å². The summed E-state index contributed by atoms with van der Waals surface area (Å²) in [5, 5.41) is 35.1. The van der Waals surface area contributed by atoms with Gasteiger partial charge in [0.1, 0.15) is 0 Å². The van der Waals surface area contributed by atoms with Gasteiger partial charge in [0.25, 0.3) is 0 Å². The molecule has 2 aromatic carbocycles. The van der Waals surface area contributed by atoms with Crippen molar-refractivity contribution >= 4 is 88.6 Å². The number of carboxylic acids is 2. The number of H-pyrrole nitrogens is 2. The Morgan fingerprint density at radius 1 is 0.667 bits per heavy atom. The number of carboxylic acid groups (broad SMARTS) is 2. The van der Waals surface area contributed by atoms with E-state index in [4.69, 9.17) is 20.4 Å². The number of hydrogen-bond acceptors (Lipinski definition) is 8. The van der Waals surface area contributed by atoms with E-state index < -0.39 is 24.1 Å². The van der Waals surface area contributed by atoms with Crippen LogP contribution in [0.25, 0.3) is 33.0 Å². The molecule has 0 saturated carbocycles. The van der Waals surface area contributed by atoms with Gasteiger partial charge in [0, 0.05) is 73.2 Å². The number of carbonyl (C=O) groups excluding carboxylic acids is 2. The second-order valence-electron chi connectivity index (χ2n) is 15.7. The molecule has 0 spiro atoms. The minimum absolute atomic E-state index is 0.0599. The lowest BCUT2D eigenvalue weighted by molar-refractivity contribution is -0.165. The van der Waals surface area contributed by atoms with Gasteiger partial charge in [-0.2, -0.15) is 0 Å². The molecule has 4 aromatic rings. The number of aliphatic carboxylic acids is 2. The van der Waals surface area contributed by atoms with Crippen LogP contribution in [0.3, 0.4) is 0 Å². The van der Waals surface area contributed by atoms with Crippen molar-refractivity contribution in [2.75, 3.05) is 53.4 Å². The molecule has 6 N–H and O–H groups in total. The number of rotatable bonds is 9. The third kappa shape index (κ3) is 8.59. The Morgan fingerprint density at radius 3 is 1.33 bits per heavy atom. The fourth-order valence-electron chi connectivity index (χ4n) is 9.11. The zero-order valence-corrected chi connectivity index (χ0v) is 37.9. The highest BCUT2D eigenvalue weighted by molar-refractivity contribution is 9.10. The summed E-state index contributed by atoms with van der Waals surface area (Å²) in [7, 11) is 4.29. The molecule has 6 atom stereocenters. The van der Waals surface area contributed by atoms with Crippen molar-refractivity contribution in [2.45, 2.75) is 64.8 Å². The molecule has 60 heavy (non-hydrogen) atoms. The summed E-state index contributed by atoms with van der Waals surface area (Å²) < 4.78 is 2.17. The van der Waals surface area contributed by atoms with Gasteiger partial charge in [-0.25, -0.2) is 9.59 Å². The Balaban J connectivity index is 0.000000165. The summed E-state index contributed by atoms with van der Waals surface area (Å²) in [6, 6.07) is 13.5. The number of aliphatic hydroxyl groups excluding tert-OH is 2. The zero-order chi connectivity index (χ0) is 43.7. The molecule has 0 unspecified atom stereocenters. The number of nitrogens with zero attached hydrogens (tertiary/aromatic N) is 4. The van der Waals surface area contributed by atoms with E-state index in [2.05, 4.69) is 142 Å². The number of amides is 2. The largest absolute Gasteiger partial charge is 0.479 e. The van der Waals surface area contributed by atoms with Gasteiger partial charge in [-0.05, 0) is 132 Å². The number of fused-ring (bicyclic) bond motifs is 4. The molecule has 0 saturated heterocycles. The number of aromatic amines is 2. The predicted octanol–water partition coefficient (Wildman–Crippen LogP) is 5.21. The maximum Gasteiger partial charge on any atom is 0.335 e. The van der Waals surface area contributed by atoms with Crippen LogP contribution in [0.15, 0.2) is 57.8 Å². The third-order valence-corrected chi connectivity index (χ3v) is 13.6. The zero-order valence-electron chi connectivity index (χ0n) is 34.7. The van der Waals surface area contributed by atoms with Gasteiger partial charge in [0.05, 0.1) is 21.0 Å². The first kappa shape index (κ1) is 45.2. The highest BCUT2D eigenvalue weighted by Gasteiger charge is 2.39. The van der Waals surface area contributed by atoms with Gasteiger partial charge in [-0.15, -0.1) is 0 Å². The van der Waals surface area contributed by atoms with Crippen LogP contribution in [-0.4, -0.2) is 151 Å². The van der Waals surface area contributed by atoms with Gasteiger partial charge in [0.15, 0.2) is 12.2 Å². The van der Waals surface area contributed by atoms with E-state index in [0.29, 0.717) is 12.1 Å². The van der Waals surface area contributed by atoms with Gasteiger partial charge >= 0.3 is 11.9 Å². The maximum atomic E-state index is 12.9. The van der Waals surface area contributed by atoms with Crippen molar-refractivity contribution in [1.82, 2.24) is 29.6 Å². The molecule has 2 aliphatic heterocycles. The fraction of sp³-hybridized carbons (Fsp3) is 0.455. The molecule has 2 aliphatic carbocycles. The summed E-state index contributed by atoms with van der Waals surface area (Å²) in [5.74, 6) is -3.16. The molecule has 8 rings (SSSR count). The lowest BCUT2D eigenvalue weighted by atomic mass is 9.79. The molecular weight excluding hydrogens is 900 g/mol. The highest BCUT2D eigenvalue weighted by atomic mass is 79.9. The second kappa shape index (κ2) is 18.7. The number of nitrogens with one attached hydrogen (secondary N) is 2. The van der Waals surface area contributed by atoms with Gasteiger partial charge in [-0.3, -0.25) is 19.4 Å². The number of carbonyl (C=O) groups is 4. The van der Waals surface area contributed by atoms with E-state index >= 15 is 0 Å². The van der Waals surface area contributed by atoms with Crippen molar-refractivity contribution in [2.24, 2.45) is 11.8 Å². The van der Waals surface area contributed by atoms with Gasteiger partial charge < -0.3 is 40.2 Å². The van der Waals surface area contributed by atoms with Crippen LogP contribution >= 0.6 is 31.9 Å². The summed E-state index contributed by atoms with van der Waals surface area (Å²) in [5.41, 5.74) is 10.2. The smallest absolute Gasteiger partial charge is 0.335 e.